The molecule has 0 saturated carbocycles. The molecule has 2 rings (SSSR count). The average Bonchev–Trinajstić information content (AvgIpc) is 2.47. The molecule has 0 aliphatic rings. The van der Waals surface area contributed by atoms with Crippen molar-refractivity contribution in [2.45, 2.75) is 20.4 Å². The molecular formula is C17H20N2O. The van der Waals surface area contributed by atoms with Crippen LogP contribution in [-0.2, 0) is 6.54 Å². The highest BCUT2D eigenvalue weighted by Gasteiger charge is 2.05. The van der Waals surface area contributed by atoms with E-state index in [1.807, 2.05) is 55.5 Å². The number of nitrogens with one attached hydrogen (secondary N) is 2. The SMILES string of the molecule is CCNCc1ccc(NC(=O)c2ccc(C)cc2)cc1. The summed E-state index contributed by atoms with van der Waals surface area (Å²) in [5.74, 6) is -0.0792. The summed E-state index contributed by atoms with van der Waals surface area (Å²) in [6.07, 6.45) is 0. The van der Waals surface area contributed by atoms with Crippen LogP contribution in [0, 0.1) is 6.92 Å². The van der Waals surface area contributed by atoms with Gasteiger partial charge in [-0.2, -0.15) is 0 Å². The second-order valence-electron chi connectivity index (χ2n) is 4.80. The number of benzene rings is 2. The van der Waals surface area contributed by atoms with Gasteiger partial charge in [-0.05, 0) is 43.3 Å². The van der Waals surface area contributed by atoms with Crippen LogP contribution in [0.25, 0.3) is 0 Å². The first-order valence-electron chi connectivity index (χ1n) is 6.86. The van der Waals surface area contributed by atoms with Gasteiger partial charge < -0.3 is 10.6 Å². The molecule has 0 unspecified atom stereocenters. The lowest BCUT2D eigenvalue weighted by atomic mass is 10.1. The molecule has 2 aromatic carbocycles. The highest BCUT2D eigenvalue weighted by molar-refractivity contribution is 6.04. The Hall–Kier alpha value is -2.13. The maximum atomic E-state index is 12.1. The van der Waals surface area contributed by atoms with Crippen molar-refractivity contribution in [3.63, 3.8) is 0 Å². The van der Waals surface area contributed by atoms with Crippen LogP contribution in [0.5, 0.6) is 0 Å². The van der Waals surface area contributed by atoms with Gasteiger partial charge in [-0.1, -0.05) is 36.8 Å². The second-order valence-corrected chi connectivity index (χ2v) is 4.80. The lowest BCUT2D eigenvalue weighted by Gasteiger charge is -2.07. The van der Waals surface area contributed by atoms with Crippen LogP contribution in [0.1, 0.15) is 28.4 Å². The van der Waals surface area contributed by atoms with E-state index in [9.17, 15) is 4.79 Å². The van der Waals surface area contributed by atoms with E-state index in [2.05, 4.69) is 17.6 Å². The molecule has 0 bridgehead atoms. The minimum atomic E-state index is -0.0792. The minimum absolute atomic E-state index is 0.0792. The zero-order valence-corrected chi connectivity index (χ0v) is 11.9. The standard InChI is InChI=1S/C17H20N2O/c1-3-18-12-14-6-10-16(11-7-14)19-17(20)15-8-4-13(2)5-9-15/h4-11,18H,3,12H2,1-2H3,(H,19,20). The van der Waals surface area contributed by atoms with E-state index in [0.29, 0.717) is 5.56 Å². The van der Waals surface area contributed by atoms with Crippen LogP contribution in [0.3, 0.4) is 0 Å². The molecule has 104 valence electrons. The van der Waals surface area contributed by atoms with Gasteiger partial charge in [0.1, 0.15) is 0 Å². The first kappa shape index (κ1) is 14.3. The Labute approximate surface area is 120 Å². The summed E-state index contributed by atoms with van der Waals surface area (Å²) in [5.41, 5.74) is 3.85. The third-order valence-electron chi connectivity index (χ3n) is 3.10. The van der Waals surface area contributed by atoms with E-state index in [0.717, 1.165) is 24.3 Å². The maximum Gasteiger partial charge on any atom is 0.255 e. The number of rotatable bonds is 5. The molecular weight excluding hydrogens is 248 g/mol. The van der Waals surface area contributed by atoms with Crippen LogP contribution < -0.4 is 10.6 Å². The summed E-state index contributed by atoms with van der Waals surface area (Å²) in [6.45, 7) is 5.88. The smallest absolute Gasteiger partial charge is 0.255 e. The summed E-state index contributed by atoms with van der Waals surface area (Å²) in [7, 11) is 0. The van der Waals surface area contributed by atoms with E-state index >= 15 is 0 Å². The Morgan fingerprint density at radius 3 is 2.25 bits per heavy atom. The molecule has 3 nitrogen and oxygen atoms in total. The highest BCUT2D eigenvalue weighted by Crippen LogP contribution is 2.12. The lowest BCUT2D eigenvalue weighted by molar-refractivity contribution is 0.102. The fourth-order valence-electron chi connectivity index (χ4n) is 1.88. The quantitative estimate of drug-likeness (QED) is 0.873. The van der Waals surface area contributed by atoms with Crippen molar-refractivity contribution in [1.29, 1.82) is 0 Å². The molecule has 0 heterocycles. The molecule has 3 heteroatoms. The van der Waals surface area contributed by atoms with Crippen molar-refractivity contribution in [3.05, 3.63) is 65.2 Å². The number of amides is 1. The fourth-order valence-corrected chi connectivity index (χ4v) is 1.88. The van der Waals surface area contributed by atoms with Gasteiger partial charge in [0.05, 0.1) is 0 Å². The van der Waals surface area contributed by atoms with Gasteiger partial charge in [-0.15, -0.1) is 0 Å². The Kier molecular flexibility index (Phi) is 4.91. The first-order chi connectivity index (χ1) is 9.69. The number of hydrogen-bond acceptors (Lipinski definition) is 2. The molecule has 0 aromatic heterocycles. The van der Waals surface area contributed by atoms with Gasteiger partial charge in [-0.3, -0.25) is 4.79 Å². The topological polar surface area (TPSA) is 41.1 Å². The number of anilines is 1. The third kappa shape index (κ3) is 3.93. The van der Waals surface area contributed by atoms with Crippen molar-refractivity contribution in [2.75, 3.05) is 11.9 Å². The first-order valence-corrected chi connectivity index (χ1v) is 6.86. The Bertz CT molecular complexity index is 559. The van der Waals surface area contributed by atoms with Crippen molar-refractivity contribution in [1.82, 2.24) is 5.32 Å². The maximum absolute atomic E-state index is 12.1. The zero-order chi connectivity index (χ0) is 14.4. The molecule has 0 fully saturated rings. The average molecular weight is 268 g/mol. The number of hydrogen-bond donors (Lipinski definition) is 2. The van der Waals surface area contributed by atoms with Crippen molar-refractivity contribution < 1.29 is 4.79 Å². The van der Waals surface area contributed by atoms with Gasteiger partial charge in [0.25, 0.3) is 5.91 Å². The fraction of sp³-hybridized carbons (Fsp3) is 0.235. The van der Waals surface area contributed by atoms with Gasteiger partial charge in [0, 0.05) is 17.8 Å². The van der Waals surface area contributed by atoms with Crippen LogP contribution in [-0.4, -0.2) is 12.5 Å². The van der Waals surface area contributed by atoms with Gasteiger partial charge in [0.2, 0.25) is 0 Å². The summed E-state index contributed by atoms with van der Waals surface area (Å²) in [4.78, 5) is 12.1. The van der Waals surface area contributed by atoms with E-state index in [1.54, 1.807) is 0 Å². The van der Waals surface area contributed by atoms with E-state index < -0.39 is 0 Å². The predicted molar refractivity (Wildman–Crippen MR) is 83.0 cm³/mol. The van der Waals surface area contributed by atoms with Gasteiger partial charge in [-0.25, -0.2) is 0 Å². The van der Waals surface area contributed by atoms with Crippen LogP contribution >= 0.6 is 0 Å². The molecule has 2 aromatic rings. The van der Waals surface area contributed by atoms with Crippen LogP contribution in [0.15, 0.2) is 48.5 Å². The molecule has 0 aliphatic carbocycles. The monoisotopic (exact) mass is 268 g/mol. The van der Waals surface area contributed by atoms with E-state index in [1.165, 1.54) is 5.56 Å². The van der Waals surface area contributed by atoms with Crippen LogP contribution in [0.4, 0.5) is 5.69 Å². The Morgan fingerprint density at radius 1 is 1.00 bits per heavy atom. The number of carbonyl (C=O) groups is 1. The van der Waals surface area contributed by atoms with Crippen molar-refractivity contribution >= 4 is 11.6 Å². The largest absolute Gasteiger partial charge is 0.322 e. The Balaban J connectivity index is 1.99. The zero-order valence-electron chi connectivity index (χ0n) is 11.9. The lowest BCUT2D eigenvalue weighted by Crippen LogP contribution is -2.13. The summed E-state index contributed by atoms with van der Waals surface area (Å²) in [5, 5.41) is 6.17. The number of carbonyl (C=O) groups excluding carboxylic acids is 1. The normalized spacial score (nSPS) is 10.3. The molecule has 0 radical (unpaired) electrons. The second kappa shape index (κ2) is 6.87. The highest BCUT2D eigenvalue weighted by atomic mass is 16.1. The molecule has 0 atom stereocenters. The minimum Gasteiger partial charge on any atom is -0.322 e. The molecule has 0 aliphatic heterocycles. The Morgan fingerprint density at radius 2 is 1.65 bits per heavy atom. The molecule has 2 N–H and O–H groups in total. The van der Waals surface area contributed by atoms with Crippen molar-refractivity contribution in [2.24, 2.45) is 0 Å². The van der Waals surface area contributed by atoms with E-state index in [4.69, 9.17) is 0 Å². The predicted octanol–water partition coefficient (Wildman–Crippen LogP) is 3.36. The van der Waals surface area contributed by atoms with E-state index in [-0.39, 0.29) is 5.91 Å². The number of aryl methyl sites for hydroxylation is 1. The van der Waals surface area contributed by atoms with Crippen LogP contribution in [0.2, 0.25) is 0 Å². The van der Waals surface area contributed by atoms with Gasteiger partial charge in [0.15, 0.2) is 0 Å². The molecule has 0 saturated heterocycles. The third-order valence-corrected chi connectivity index (χ3v) is 3.10. The van der Waals surface area contributed by atoms with Crippen molar-refractivity contribution in [3.8, 4) is 0 Å². The summed E-state index contributed by atoms with van der Waals surface area (Å²) < 4.78 is 0. The van der Waals surface area contributed by atoms with Gasteiger partial charge >= 0.3 is 0 Å². The molecule has 20 heavy (non-hydrogen) atoms. The molecule has 0 spiro atoms. The summed E-state index contributed by atoms with van der Waals surface area (Å²) in [6, 6.07) is 15.5. The summed E-state index contributed by atoms with van der Waals surface area (Å²) >= 11 is 0. The molecule has 1 amide bonds.